The molecule has 4 heteroatoms. The lowest BCUT2D eigenvalue weighted by Crippen LogP contribution is -2.44. The fourth-order valence-electron chi connectivity index (χ4n) is 2.86. The van der Waals surface area contributed by atoms with Gasteiger partial charge in [0.05, 0.1) is 5.56 Å². The summed E-state index contributed by atoms with van der Waals surface area (Å²) in [6, 6.07) is 4.42. The number of carbonyl (C=O) groups is 1. The van der Waals surface area contributed by atoms with Crippen LogP contribution in [0, 0.1) is 6.92 Å². The minimum absolute atomic E-state index is 0.111. The van der Waals surface area contributed by atoms with Crippen molar-refractivity contribution in [1.29, 1.82) is 0 Å². The van der Waals surface area contributed by atoms with E-state index in [0.717, 1.165) is 44.3 Å². The third kappa shape index (κ3) is 3.57. The number of hydrogen-bond donors (Lipinski definition) is 1. The fraction of sp³-hybridized carbons (Fsp3) is 0.625. The highest BCUT2D eigenvalue weighted by Crippen LogP contribution is 2.23. The maximum atomic E-state index is 12.7. The first-order chi connectivity index (χ1) is 9.61. The Kier molecular flexibility index (Phi) is 5.12. The highest BCUT2D eigenvalue weighted by atomic mass is 16.2. The van der Waals surface area contributed by atoms with Gasteiger partial charge in [-0.2, -0.15) is 0 Å². The van der Waals surface area contributed by atoms with E-state index in [1.54, 1.807) is 6.20 Å². The minimum Gasteiger partial charge on any atom is -0.336 e. The predicted octanol–water partition coefficient (Wildman–Crippen LogP) is 2.51. The maximum Gasteiger partial charge on any atom is 0.255 e. The van der Waals surface area contributed by atoms with Gasteiger partial charge in [-0.25, -0.2) is 0 Å². The Labute approximate surface area is 121 Å². The SMILES string of the molecule is CCCN(C(=O)c1ccc(C)nc1)C1CCC(N)CC1. The lowest BCUT2D eigenvalue weighted by Gasteiger charge is -2.36. The van der Waals surface area contributed by atoms with Crippen LogP contribution in [0.25, 0.3) is 0 Å². The van der Waals surface area contributed by atoms with Gasteiger partial charge < -0.3 is 10.6 Å². The Bertz CT molecular complexity index is 436. The molecule has 0 saturated heterocycles. The van der Waals surface area contributed by atoms with E-state index in [2.05, 4.69) is 11.9 Å². The van der Waals surface area contributed by atoms with E-state index in [1.165, 1.54) is 0 Å². The second-order valence-corrected chi connectivity index (χ2v) is 5.76. The molecule has 0 atom stereocenters. The molecule has 1 aliphatic rings. The van der Waals surface area contributed by atoms with Crippen LogP contribution in [0.4, 0.5) is 0 Å². The van der Waals surface area contributed by atoms with E-state index in [9.17, 15) is 4.79 Å². The van der Waals surface area contributed by atoms with Crippen LogP contribution in [0.1, 0.15) is 55.1 Å². The summed E-state index contributed by atoms with van der Waals surface area (Å²) in [6.07, 6.45) is 6.75. The topological polar surface area (TPSA) is 59.2 Å². The van der Waals surface area contributed by atoms with Crippen molar-refractivity contribution in [2.24, 2.45) is 5.73 Å². The summed E-state index contributed by atoms with van der Waals surface area (Å²) in [5.41, 5.74) is 7.59. The predicted molar refractivity (Wildman–Crippen MR) is 80.5 cm³/mol. The number of aryl methyl sites for hydroxylation is 1. The third-order valence-corrected chi connectivity index (χ3v) is 4.07. The Morgan fingerprint density at radius 3 is 2.60 bits per heavy atom. The molecule has 110 valence electrons. The zero-order valence-corrected chi connectivity index (χ0v) is 12.5. The molecular weight excluding hydrogens is 250 g/mol. The zero-order valence-electron chi connectivity index (χ0n) is 12.5. The lowest BCUT2D eigenvalue weighted by molar-refractivity contribution is 0.0626. The van der Waals surface area contributed by atoms with Gasteiger partial charge in [-0.3, -0.25) is 9.78 Å². The number of carbonyl (C=O) groups excluding carboxylic acids is 1. The van der Waals surface area contributed by atoms with Crippen LogP contribution in [0.2, 0.25) is 0 Å². The second-order valence-electron chi connectivity index (χ2n) is 5.76. The van der Waals surface area contributed by atoms with E-state index in [1.807, 2.05) is 24.0 Å². The average Bonchev–Trinajstić information content (AvgIpc) is 2.46. The summed E-state index contributed by atoms with van der Waals surface area (Å²) in [5, 5.41) is 0. The summed E-state index contributed by atoms with van der Waals surface area (Å²) in [4.78, 5) is 18.9. The molecule has 0 aliphatic heterocycles. The number of rotatable bonds is 4. The van der Waals surface area contributed by atoms with Crippen LogP contribution >= 0.6 is 0 Å². The van der Waals surface area contributed by atoms with Crippen LogP contribution in [-0.4, -0.2) is 34.4 Å². The number of pyridine rings is 1. The standard InChI is InChI=1S/C16H25N3O/c1-3-10-19(15-8-6-14(17)7-9-15)16(20)13-5-4-12(2)18-11-13/h4-5,11,14-15H,3,6-10,17H2,1-2H3. The molecule has 1 aromatic rings. The van der Waals surface area contributed by atoms with Gasteiger partial charge in [0.25, 0.3) is 5.91 Å². The quantitative estimate of drug-likeness (QED) is 0.918. The molecule has 20 heavy (non-hydrogen) atoms. The smallest absolute Gasteiger partial charge is 0.255 e. The molecule has 1 saturated carbocycles. The Morgan fingerprint density at radius 1 is 1.35 bits per heavy atom. The molecule has 0 bridgehead atoms. The van der Waals surface area contributed by atoms with Crippen molar-refractivity contribution in [3.63, 3.8) is 0 Å². The van der Waals surface area contributed by atoms with Crippen LogP contribution in [0.5, 0.6) is 0 Å². The molecule has 1 amide bonds. The van der Waals surface area contributed by atoms with E-state index in [4.69, 9.17) is 5.73 Å². The second kappa shape index (κ2) is 6.84. The van der Waals surface area contributed by atoms with Gasteiger partial charge in [-0.1, -0.05) is 6.92 Å². The highest BCUT2D eigenvalue weighted by molar-refractivity contribution is 5.94. The van der Waals surface area contributed by atoms with Crippen molar-refractivity contribution in [3.8, 4) is 0 Å². The van der Waals surface area contributed by atoms with Crippen LogP contribution in [0.15, 0.2) is 18.3 Å². The summed E-state index contributed by atoms with van der Waals surface area (Å²) >= 11 is 0. The number of aromatic nitrogens is 1. The molecular formula is C16H25N3O. The van der Waals surface area contributed by atoms with Gasteiger partial charge >= 0.3 is 0 Å². The molecule has 1 aromatic heterocycles. The van der Waals surface area contributed by atoms with Crippen LogP contribution < -0.4 is 5.73 Å². The van der Waals surface area contributed by atoms with Crippen molar-refractivity contribution < 1.29 is 4.79 Å². The van der Waals surface area contributed by atoms with Crippen LogP contribution in [0.3, 0.4) is 0 Å². The summed E-state index contributed by atoms with van der Waals surface area (Å²) in [5.74, 6) is 0.111. The molecule has 4 nitrogen and oxygen atoms in total. The molecule has 0 spiro atoms. The van der Waals surface area contributed by atoms with E-state index >= 15 is 0 Å². The minimum atomic E-state index is 0.111. The average molecular weight is 275 g/mol. The lowest BCUT2D eigenvalue weighted by atomic mass is 9.90. The number of amides is 1. The van der Waals surface area contributed by atoms with Crippen molar-refractivity contribution in [2.75, 3.05) is 6.54 Å². The highest BCUT2D eigenvalue weighted by Gasteiger charge is 2.27. The summed E-state index contributed by atoms with van der Waals surface area (Å²) in [6.45, 7) is 4.86. The van der Waals surface area contributed by atoms with Crippen molar-refractivity contribution >= 4 is 5.91 Å². The zero-order chi connectivity index (χ0) is 14.5. The van der Waals surface area contributed by atoms with Gasteiger partial charge in [0.2, 0.25) is 0 Å². The molecule has 1 fully saturated rings. The first kappa shape index (κ1) is 15.0. The Hall–Kier alpha value is -1.42. The van der Waals surface area contributed by atoms with Crippen molar-refractivity contribution in [3.05, 3.63) is 29.6 Å². The molecule has 1 aliphatic carbocycles. The number of nitrogens with two attached hydrogens (primary N) is 1. The Morgan fingerprint density at radius 2 is 2.05 bits per heavy atom. The van der Waals surface area contributed by atoms with Crippen LogP contribution in [-0.2, 0) is 0 Å². The van der Waals surface area contributed by atoms with Gasteiger partial charge in [-0.05, 0) is 51.2 Å². The van der Waals surface area contributed by atoms with E-state index < -0.39 is 0 Å². The summed E-state index contributed by atoms with van der Waals surface area (Å²) < 4.78 is 0. The number of nitrogens with zero attached hydrogens (tertiary/aromatic N) is 2. The Balaban J connectivity index is 2.11. The first-order valence-corrected chi connectivity index (χ1v) is 7.61. The molecule has 2 rings (SSSR count). The van der Waals surface area contributed by atoms with Crippen molar-refractivity contribution in [2.45, 2.75) is 58.0 Å². The normalized spacial score (nSPS) is 22.6. The van der Waals surface area contributed by atoms with Gasteiger partial charge in [0.15, 0.2) is 0 Å². The molecule has 2 N–H and O–H groups in total. The van der Waals surface area contributed by atoms with Gasteiger partial charge in [-0.15, -0.1) is 0 Å². The largest absolute Gasteiger partial charge is 0.336 e. The van der Waals surface area contributed by atoms with Crippen molar-refractivity contribution in [1.82, 2.24) is 9.88 Å². The first-order valence-electron chi connectivity index (χ1n) is 7.61. The molecule has 0 aromatic carbocycles. The maximum absolute atomic E-state index is 12.7. The monoisotopic (exact) mass is 275 g/mol. The van der Waals surface area contributed by atoms with E-state index in [-0.39, 0.29) is 5.91 Å². The number of hydrogen-bond acceptors (Lipinski definition) is 3. The van der Waals surface area contributed by atoms with Gasteiger partial charge in [0, 0.05) is 30.5 Å². The fourth-order valence-corrected chi connectivity index (χ4v) is 2.86. The third-order valence-electron chi connectivity index (χ3n) is 4.07. The van der Waals surface area contributed by atoms with E-state index in [0.29, 0.717) is 17.6 Å². The molecule has 0 unspecified atom stereocenters. The molecule has 1 heterocycles. The molecule has 0 radical (unpaired) electrons. The van der Waals surface area contributed by atoms with Gasteiger partial charge in [0.1, 0.15) is 0 Å². The summed E-state index contributed by atoms with van der Waals surface area (Å²) in [7, 11) is 0.